The molecule has 5 nitrogen and oxygen atoms in total. The molecule has 1 N–H and O–H groups in total. The van der Waals surface area contributed by atoms with E-state index in [1.54, 1.807) is 26.0 Å². The predicted molar refractivity (Wildman–Crippen MR) is 94.6 cm³/mol. The summed E-state index contributed by atoms with van der Waals surface area (Å²) in [6.07, 6.45) is 6.42. The van der Waals surface area contributed by atoms with Gasteiger partial charge in [-0.15, -0.1) is 0 Å². The Kier molecular flexibility index (Phi) is 6.37. The highest BCUT2D eigenvalue weighted by atomic mass is 16.6. The lowest BCUT2D eigenvalue weighted by molar-refractivity contribution is -0.147. The minimum Gasteiger partial charge on any atom is -0.458 e. The van der Waals surface area contributed by atoms with E-state index in [-0.39, 0.29) is 6.61 Å². The van der Waals surface area contributed by atoms with E-state index >= 15 is 0 Å². The Labute approximate surface area is 148 Å². The standard InChI is InChI=1S/C20H26O5/c1-5-13(3)19(22)24-16-9-12(2)7-6-8-15(11-21)10-17-18(16)14(4)20(23)25-17/h5,7,10,16-18,21H,4,6,8-9,11H2,1-3H3/b12-7-,13-5+,15-10+/t16-,17+,18+/m0/s1. The van der Waals surface area contributed by atoms with Crippen molar-refractivity contribution < 1.29 is 24.2 Å². The smallest absolute Gasteiger partial charge is 0.334 e. The normalized spacial score (nSPS) is 32.0. The lowest BCUT2D eigenvalue weighted by Gasteiger charge is -2.27. The van der Waals surface area contributed by atoms with Crippen molar-refractivity contribution in [3.63, 3.8) is 0 Å². The van der Waals surface area contributed by atoms with Crippen LogP contribution in [0, 0.1) is 5.92 Å². The van der Waals surface area contributed by atoms with Gasteiger partial charge in [-0.05, 0) is 45.3 Å². The van der Waals surface area contributed by atoms with Crippen LogP contribution in [0.25, 0.3) is 0 Å². The molecule has 1 saturated heterocycles. The number of esters is 2. The van der Waals surface area contributed by atoms with Crippen molar-refractivity contribution in [3.8, 4) is 0 Å². The number of ether oxygens (including phenoxy) is 2. The lowest BCUT2D eigenvalue weighted by atomic mass is 9.85. The van der Waals surface area contributed by atoms with Gasteiger partial charge in [-0.1, -0.05) is 24.3 Å². The summed E-state index contributed by atoms with van der Waals surface area (Å²) in [7, 11) is 0. The fraction of sp³-hybridized carbons (Fsp3) is 0.500. The average molecular weight is 346 g/mol. The molecule has 5 heteroatoms. The van der Waals surface area contributed by atoms with Crippen LogP contribution in [-0.2, 0) is 19.1 Å². The van der Waals surface area contributed by atoms with E-state index in [9.17, 15) is 14.7 Å². The van der Waals surface area contributed by atoms with Gasteiger partial charge in [-0.2, -0.15) is 0 Å². The molecule has 3 atom stereocenters. The van der Waals surface area contributed by atoms with Crippen molar-refractivity contribution in [2.75, 3.05) is 6.61 Å². The largest absolute Gasteiger partial charge is 0.458 e. The Balaban J connectivity index is 2.40. The molecule has 0 amide bonds. The second kappa shape index (κ2) is 8.30. The van der Waals surface area contributed by atoms with Crippen molar-refractivity contribution in [2.24, 2.45) is 5.92 Å². The zero-order chi connectivity index (χ0) is 18.6. The molecule has 2 aliphatic rings. The number of hydrogen-bond acceptors (Lipinski definition) is 5. The minimum absolute atomic E-state index is 0.0950. The maximum absolute atomic E-state index is 12.3. The number of allylic oxidation sites excluding steroid dienone is 2. The molecule has 1 aliphatic heterocycles. The maximum atomic E-state index is 12.3. The third-order valence-electron chi connectivity index (χ3n) is 4.76. The molecule has 0 unspecified atom stereocenters. The highest BCUT2D eigenvalue weighted by Crippen LogP contribution is 2.36. The molecule has 0 aromatic heterocycles. The van der Waals surface area contributed by atoms with Crippen LogP contribution in [0.2, 0.25) is 0 Å². The third kappa shape index (κ3) is 4.48. The second-order valence-corrected chi connectivity index (χ2v) is 6.61. The summed E-state index contributed by atoms with van der Waals surface area (Å²) in [6, 6.07) is 0. The lowest BCUT2D eigenvalue weighted by Crippen LogP contribution is -2.33. The van der Waals surface area contributed by atoms with Gasteiger partial charge in [0.25, 0.3) is 0 Å². The molecule has 0 bridgehead atoms. The molecule has 136 valence electrons. The van der Waals surface area contributed by atoms with Crippen molar-refractivity contribution >= 4 is 11.9 Å². The molecule has 1 heterocycles. The molecule has 0 saturated carbocycles. The maximum Gasteiger partial charge on any atom is 0.334 e. The summed E-state index contributed by atoms with van der Waals surface area (Å²) in [6.45, 7) is 9.20. The van der Waals surface area contributed by atoms with E-state index in [0.29, 0.717) is 24.0 Å². The van der Waals surface area contributed by atoms with Crippen LogP contribution in [-0.4, -0.2) is 35.9 Å². The van der Waals surface area contributed by atoms with Crippen molar-refractivity contribution in [1.29, 1.82) is 0 Å². The van der Waals surface area contributed by atoms with E-state index in [1.807, 2.05) is 6.92 Å². The summed E-state index contributed by atoms with van der Waals surface area (Å²) >= 11 is 0. The predicted octanol–water partition coefficient (Wildman–Crippen LogP) is 3.01. The second-order valence-electron chi connectivity index (χ2n) is 6.61. The van der Waals surface area contributed by atoms with Crippen LogP contribution in [0.3, 0.4) is 0 Å². The van der Waals surface area contributed by atoms with Gasteiger partial charge in [-0.25, -0.2) is 9.59 Å². The van der Waals surface area contributed by atoms with Crippen molar-refractivity contribution in [3.05, 3.63) is 47.1 Å². The molecule has 0 spiro atoms. The quantitative estimate of drug-likeness (QED) is 0.483. The zero-order valence-corrected chi connectivity index (χ0v) is 15.1. The number of rotatable bonds is 3. The molecule has 1 fully saturated rings. The number of fused-ring (bicyclic) bond motifs is 1. The minimum atomic E-state index is -0.572. The van der Waals surface area contributed by atoms with Crippen molar-refractivity contribution in [1.82, 2.24) is 0 Å². The van der Waals surface area contributed by atoms with Gasteiger partial charge in [0, 0.05) is 17.6 Å². The molecular weight excluding hydrogens is 320 g/mol. The number of carbonyl (C=O) groups excluding carboxylic acids is 2. The number of aliphatic hydroxyl groups is 1. The van der Waals surface area contributed by atoms with E-state index in [0.717, 1.165) is 17.6 Å². The van der Waals surface area contributed by atoms with Crippen LogP contribution >= 0.6 is 0 Å². The number of carbonyl (C=O) groups is 2. The van der Waals surface area contributed by atoms with Gasteiger partial charge in [0.05, 0.1) is 12.5 Å². The Bertz CT molecular complexity index is 653. The van der Waals surface area contributed by atoms with Gasteiger partial charge in [0.15, 0.2) is 0 Å². The first-order valence-corrected chi connectivity index (χ1v) is 8.57. The molecule has 0 aromatic rings. The molecule has 1 aliphatic carbocycles. The first-order chi connectivity index (χ1) is 11.9. The monoisotopic (exact) mass is 346 g/mol. The number of hydrogen-bond donors (Lipinski definition) is 1. The van der Waals surface area contributed by atoms with Gasteiger partial charge in [0.2, 0.25) is 0 Å². The molecule has 2 rings (SSSR count). The highest BCUT2D eigenvalue weighted by molar-refractivity contribution is 5.92. The topological polar surface area (TPSA) is 72.8 Å². The van der Waals surface area contributed by atoms with Gasteiger partial charge < -0.3 is 14.6 Å². The summed E-state index contributed by atoms with van der Waals surface area (Å²) in [5.74, 6) is -1.34. The SMILES string of the molecule is C=C1C(=O)O[C@@H]2/C=C(/CO)CC/C=C(/C)C[C@H](OC(=O)/C(C)=C/C)[C@@H]12. The summed E-state index contributed by atoms with van der Waals surface area (Å²) in [5.41, 5.74) is 2.69. The van der Waals surface area contributed by atoms with Gasteiger partial charge in [0.1, 0.15) is 12.2 Å². The first-order valence-electron chi connectivity index (χ1n) is 8.57. The summed E-state index contributed by atoms with van der Waals surface area (Å²) in [4.78, 5) is 24.3. The van der Waals surface area contributed by atoms with Crippen LogP contribution in [0.4, 0.5) is 0 Å². The fourth-order valence-electron chi connectivity index (χ4n) is 3.12. The Morgan fingerprint density at radius 2 is 2.24 bits per heavy atom. The summed E-state index contributed by atoms with van der Waals surface area (Å²) in [5, 5.41) is 9.56. The van der Waals surface area contributed by atoms with Crippen LogP contribution < -0.4 is 0 Å². The Hall–Kier alpha value is -2.14. The molecule has 25 heavy (non-hydrogen) atoms. The molecule has 0 aromatic carbocycles. The molecular formula is C20H26O5. The fourth-order valence-corrected chi connectivity index (χ4v) is 3.12. The van der Waals surface area contributed by atoms with Gasteiger partial charge in [-0.3, -0.25) is 0 Å². The zero-order valence-electron chi connectivity index (χ0n) is 15.1. The molecule has 0 radical (unpaired) electrons. The van der Waals surface area contributed by atoms with Crippen LogP contribution in [0.1, 0.15) is 40.0 Å². The van der Waals surface area contributed by atoms with E-state index in [2.05, 4.69) is 12.7 Å². The Morgan fingerprint density at radius 1 is 1.52 bits per heavy atom. The summed E-state index contributed by atoms with van der Waals surface area (Å²) < 4.78 is 11.1. The van der Waals surface area contributed by atoms with E-state index in [4.69, 9.17) is 9.47 Å². The van der Waals surface area contributed by atoms with E-state index < -0.39 is 30.1 Å². The Morgan fingerprint density at radius 3 is 2.88 bits per heavy atom. The first kappa shape index (κ1) is 19.2. The van der Waals surface area contributed by atoms with Crippen LogP contribution in [0.15, 0.2) is 47.1 Å². The highest BCUT2D eigenvalue weighted by Gasteiger charge is 2.44. The van der Waals surface area contributed by atoms with E-state index in [1.165, 1.54) is 0 Å². The van der Waals surface area contributed by atoms with Crippen LogP contribution in [0.5, 0.6) is 0 Å². The third-order valence-corrected chi connectivity index (χ3v) is 4.76. The number of aliphatic hydroxyl groups excluding tert-OH is 1. The van der Waals surface area contributed by atoms with Gasteiger partial charge >= 0.3 is 11.9 Å². The van der Waals surface area contributed by atoms with Crippen molar-refractivity contribution in [2.45, 2.75) is 52.2 Å². The average Bonchev–Trinajstić information content (AvgIpc) is 2.86.